The van der Waals surface area contributed by atoms with Crippen LogP contribution in [0.15, 0.2) is 24.3 Å². The Bertz CT molecular complexity index is 766. The van der Waals surface area contributed by atoms with E-state index < -0.39 is 18.0 Å². The molecule has 2 rings (SSSR count). The number of nitrogens with zero attached hydrogens (tertiary/aromatic N) is 3. The van der Waals surface area contributed by atoms with Crippen molar-refractivity contribution >= 4 is 29.1 Å². The van der Waals surface area contributed by atoms with Crippen molar-refractivity contribution in [3.05, 3.63) is 40.4 Å². The minimum absolute atomic E-state index is 0.296. The first-order chi connectivity index (χ1) is 11.1. The van der Waals surface area contributed by atoms with E-state index in [4.69, 9.17) is 10.00 Å². The van der Waals surface area contributed by atoms with Gasteiger partial charge in [-0.1, -0.05) is 23.5 Å². The second-order valence-electron chi connectivity index (χ2n) is 4.60. The van der Waals surface area contributed by atoms with E-state index in [2.05, 4.69) is 14.9 Å². The smallest absolute Gasteiger partial charge is 0.352 e. The Hall–Kier alpha value is -2.79. The van der Waals surface area contributed by atoms with Gasteiger partial charge in [0, 0.05) is 0 Å². The monoisotopic (exact) mass is 330 g/mol. The minimum atomic E-state index is -1.01. The lowest BCUT2D eigenvalue weighted by Gasteiger charge is -2.13. The Morgan fingerprint density at radius 3 is 2.87 bits per heavy atom. The van der Waals surface area contributed by atoms with Gasteiger partial charge in [-0.3, -0.25) is 4.79 Å². The predicted molar refractivity (Wildman–Crippen MR) is 84.0 cm³/mol. The molecule has 0 spiro atoms. The van der Waals surface area contributed by atoms with Crippen LogP contribution in [0.2, 0.25) is 0 Å². The molecule has 0 saturated carbocycles. The van der Waals surface area contributed by atoms with Crippen LogP contribution in [0.3, 0.4) is 0 Å². The highest BCUT2D eigenvalue weighted by atomic mass is 32.1. The molecule has 1 atom stereocenters. The van der Waals surface area contributed by atoms with E-state index in [-0.39, 0.29) is 0 Å². The summed E-state index contributed by atoms with van der Waals surface area (Å²) in [5, 5.41) is 15.4. The van der Waals surface area contributed by atoms with Gasteiger partial charge >= 0.3 is 5.97 Å². The van der Waals surface area contributed by atoms with Gasteiger partial charge in [0.2, 0.25) is 0 Å². The normalized spacial score (nSPS) is 11.3. The van der Waals surface area contributed by atoms with Crippen molar-refractivity contribution in [1.29, 1.82) is 5.26 Å². The SMILES string of the molecule is CCc1nnsc1C(=O)O[C@@H](C)C(=O)Nc1ccccc1C#N. The lowest BCUT2D eigenvalue weighted by molar-refractivity contribution is -0.123. The third-order valence-corrected chi connectivity index (χ3v) is 3.78. The summed E-state index contributed by atoms with van der Waals surface area (Å²) in [5.74, 6) is -1.15. The number of hydrogen-bond acceptors (Lipinski definition) is 7. The number of hydrogen-bond donors (Lipinski definition) is 1. The van der Waals surface area contributed by atoms with Gasteiger partial charge in [-0.05, 0) is 37.0 Å². The largest absolute Gasteiger partial charge is 0.448 e. The molecular weight excluding hydrogens is 316 g/mol. The van der Waals surface area contributed by atoms with Gasteiger partial charge in [-0.15, -0.1) is 5.10 Å². The summed E-state index contributed by atoms with van der Waals surface area (Å²) in [6.45, 7) is 3.31. The van der Waals surface area contributed by atoms with Crippen LogP contribution in [0, 0.1) is 11.3 Å². The van der Waals surface area contributed by atoms with Crippen molar-refractivity contribution in [1.82, 2.24) is 9.59 Å². The molecular formula is C15H14N4O3S. The number of aromatic nitrogens is 2. The van der Waals surface area contributed by atoms with E-state index in [0.29, 0.717) is 28.2 Å². The average Bonchev–Trinajstić information content (AvgIpc) is 3.04. The standard InChI is InChI=1S/C15H14N4O3S/c1-3-11-13(23-19-18-11)15(21)22-9(2)14(20)17-12-7-5-4-6-10(12)8-16/h4-7,9H,3H2,1-2H3,(H,17,20)/t9-/m0/s1. The Morgan fingerprint density at radius 2 is 2.17 bits per heavy atom. The first-order valence-electron chi connectivity index (χ1n) is 6.89. The zero-order chi connectivity index (χ0) is 16.8. The Morgan fingerprint density at radius 1 is 1.43 bits per heavy atom. The number of amides is 1. The predicted octanol–water partition coefficient (Wildman–Crippen LogP) is 2.16. The molecule has 1 N–H and O–H groups in total. The van der Waals surface area contributed by atoms with Crippen LogP contribution in [0.1, 0.15) is 34.8 Å². The van der Waals surface area contributed by atoms with Gasteiger partial charge in [-0.25, -0.2) is 4.79 Å². The second-order valence-corrected chi connectivity index (χ2v) is 5.35. The molecule has 1 heterocycles. The molecule has 23 heavy (non-hydrogen) atoms. The topological polar surface area (TPSA) is 105 Å². The molecule has 8 heteroatoms. The summed E-state index contributed by atoms with van der Waals surface area (Å²) in [6.07, 6.45) is -0.460. The lowest BCUT2D eigenvalue weighted by atomic mass is 10.2. The summed E-state index contributed by atoms with van der Waals surface area (Å²) >= 11 is 0.936. The van der Waals surface area contributed by atoms with Crippen molar-refractivity contribution in [3.63, 3.8) is 0 Å². The van der Waals surface area contributed by atoms with Crippen LogP contribution >= 0.6 is 11.5 Å². The molecule has 0 aliphatic heterocycles. The molecule has 0 aliphatic rings. The third-order valence-electron chi connectivity index (χ3n) is 3.03. The zero-order valence-electron chi connectivity index (χ0n) is 12.6. The van der Waals surface area contributed by atoms with Gasteiger partial charge in [0.05, 0.1) is 16.9 Å². The number of para-hydroxylation sites is 1. The van der Waals surface area contributed by atoms with E-state index in [0.717, 1.165) is 11.5 Å². The highest BCUT2D eigenvalue weighted by Crippen LogP contribution is 2.16. The fourth-order valence-electron chi connectivity index (χ4n) is 1.79. The second kappa shape index (κ2) is 7.47. The molecule has 7 nitrogen and oxygen atoms in total. The van der Waals surface area contributed by atoms with E-state index in [1.807, 2.05) is 13.0 Å². The maximum absolute atomic E-state index is 12.1. The van der Waals surface area contributed by atoms with E-state index in [1.54, 1.807) is 24.3 Å². The van der Waals surface area contributed by atoms with Gasteiger partial charge in [0.25, 0.3) is 5.91 Å². The van der Waals surface area contributed by atoms with Crippen LogP contribution < -0.4 is 5.32 Å². The van der Waals surface area contributed by atoms with Gasteiger partial charge in [-0.2, -0.15) is 5.26 Å². The Balaban J connectivity index is 2.03. The number of aryl methyl sites for hydroxylation is 1. The van der Waals surface area contributed by atoms with Crippen molar-refractivity contribution in [2.75, 3.05) is 5.32 Å². The maximum atomic E-state index is 12.1. The van der Waals surface area contributed by atoms with Crippen LogP contribution in [-0.2, 0) is 16.0 Å². The molecule has 118 valence electrons. The van der Waals surface area contributed by atoms with Gasteiger partial charge in [0.1, 0.15) is 6.07 Å². The maximum Gasteiger partial charge on any atom is 0.352 e. The number of benzene rings is 1. The van der Waals surface area contributed by atoms with Crippen LogP contribution in [0.5, 0.6) is 0 Å². The van der Waals surface area contributed by atoms with Gasteiger partial charge in [0.15, 0.2) is 11.0 Å². The quantitative estimate of drug-likeness (QED) is 0.842. The number of carbonyl (C=O) groups is 2. The summed E-state index contributed by atoms with van der Waals surface area (Å²) < 4.78 is 8.85. The molecule has 1 aromatic heterocycles. The number of anilines is 1. The van der Waals surface area contributed by atoms with Crippen LogP contribution in [-0.4, -0.2) is 27.6 Å². The first kappa shape index (κ1) is 16.6. The van der Waals surface area contributed by atoms with Crippen molar-refractivity contribution < 1.29 is 14.3 Å². The minimum Gasteiger partial charge on any atom is -0.448 e. The summed E-state index contributed by atoms with van der Waals surface area (Å²) in [7, 11) is 0. The molecule has 0 fully saturated rings. The summed E-state index contributed by atoms with van der Waals surface area (Å²) in [4.78, 5) is 24.5. The van der Waals surface area contributed by atoms with Crippen molar-refractivity contribution in [3.8, 4) is 6.07 Å². The molecule has 2 aromatic rings. The number of ether oxygens (including phenoxy) is 1. The summed E-state index contributed by atoms with van der Waals surface area (Å²) in [6, 6.07) is 8.56. The molecule has 0 unspecified atom stereocenters. The Labute approximate surface area is 137 Å². The number of esters is 1. The fraction of sp³-hybridized carbons (Fsp3) is 0.267. The molecule has 0 bridgehead atoms. The fourth-order valence-corrected chi connectivity index (χ4v) is 2.42. The lowest BCUT2D eigenvalue weighted by Crippen LogP contribution is -2.30. The molecule has 0 radical (unpaired) electrons. The van der Waals surface area contributed by atoms with Crippen molar-refractivity contribution in [2.24, 2.45) is 0 Å². The van der Waals surface area contributed by atoms with Crippen LogP contribution in [0.4, 0.5) is 5.69 Å². The van der Waals surface area contributed by atoms with Crippen molar-refractivity contribution in [2.45, 2.75) is 26.4 Å². The number of rotatable bonds is 5. The van der Waals surface area contributed by atoms with E-state index >= 15 is 0 Å². The zero-order valence-corrected chi connectivity index (χ0v) is 13.4. The average molecular weight is 330 g/mol. The molecule has 1 amide bonds. The highest BCUT2D eigenvalue weighted by Gasteiger charge is 2.23. The van der Waals surface area contributed by atoms with E-state index in [9.17, 15) is 9.59 Å². The molecule has 0 saturated heterocycles. The molecule has 1 aromatic carbocycles. The third kappa shape index (κ3) is 3.90. The Kier molecular flexibility index (Phi) is 5.38. The summed E-state index contributed by atoms with van der Waals surface area (Å²) in [5.41, 5.74) is 1.25. The number of nitrogens with one attached hydrogen (secondary N) is 1. The highest BCUT2D eigenvalue weighted by molar-refractivity contribution is 7.07. The molecule has 0 aliphatic carbocycles. The van der Waals surface area contributed by atoms with Crippen LogP contribution in [0.25, 0.3) is 0 Å². The number of nitriles is 1. The van der Waals surface area contributed by atoms with E-state index in [1.165, 1.54) is 6.92 Å². The first-order valence-corrected chi connectivity index (χ1v) is 7.66. The van der Waals surface area contributed by atoms with Gasteiger partial charge < -0.3 is 10.1 Å². The number of carbonyl (C=O) groups excluding carboxylic acids is 2.